The van der Waals surface area contributed by atoms with Crippen LogP contribution in [-0.2, 0) is 11.2 Å². The van der Waals surface area contributed by atoms with E-state index in [0.717, 1.165) is 16.2 Å². The predicted octanol–water partition coefficient (Wildman–Crippen LogP) is 6.02. The molecule has 14 heteroatoms. The molecule has 0 saturated carbocycles. The van der Waals surface area contributed by atoms with Crippen molar-refractivity contribution in [2.24, 2.45) is 0 Å². The lowest BCUT2D eigenvalue weighted by Gasteiger charge is -2.33. The molecule has 2 N–H and O–H groups in total. The van der Waals surface area contributed by atoms with Crippen LogP contribution in [0.25, 0.3) is 10.1 Å². The van der Waals surface area contributed by atoms with E-state index in [1.807, 2.05) is 11.9 Å². The topological polar surface area (TPSA) is 96.0 Å². The van der Waals surface area contributed by atoms with E-state index in [0.29, 0.717) is 28.7 Å². The molecule has 0 bridgehead atoms. The number of amides is 2. The van der Waals surface area contributed by atoms with Gasteiger partial charge in [-0.1, -0.05) is 24.0 Å². The van der Waals surface area contributed by atoms with Crippen LogP contribution in [-0.4, -0.2) is 86.7 Å². The van der Waals surface area contributed by atoms with Crippen molar-refractivity contribution in [3.05, 3.63) is 46.6 Å². The number of anilines is 2. The summed E-state index contributed by atoms with van der Waals surface area (Å²) < 4.78 is 67.7. The molecule has 2 amide bonds. The molecule has 3 heterocycles. The molecule has 9 nitrogen and oxygen atoms in total. The Kier molecular flexibility index (Phi) is 10.7. The average Bonchev–Trinajstić information content (AvgIpc) is 3.31. The number of halogens is 4. The number of piperidine rings is 1. The van der Waals surface area contributed by atoms with Crippen molar-refractivity contribution in [3.8, 4) is 17.6 Å². The van der Waals surface area contributed by atoms with Gasteiger partial charge in [-0.2, -0.15) is 13.2 Å². The zero-order valence-electron chi connectivity index (χ0n) is 26.5. The van der Waals surface area contributed by atoms with Gasteiger partial charge in [0.1, 0.15) is 28.9 Å². The number of carbonyl (C=O) groups excluding carboxylic acids is 2. The summed E-state index contributed by atoms with van der Waals surface area (Å²) in [5.41, 5.74) is -0.146. The quantitative estimate of drug-likeness (QED) is 0.236. The molecule has 248 valence electrons. The number of alkyl halides is 4. The van der Waals surface area contributed by atoms with Crippen molar-refractivity contribution in [3.63, 3.8) is 0 Å². The predicted molar refractivity (Wildman–Crippen MR) is 171 cm³/mol. The highest BCUT2D eigenvalue weighted by atomic mass is 32.1. The highest BCUT2D eigenvalue weighted by Crippen LogP contribution is 2.40. The lowest BCUT2D eigenvalue weighted by atomic mass is 10.0. The largest absolute Gasteiger partial charge is 0.494 e. The molecule has 1 saturated heterocycles. The number of hydrogen-bond donors (Lipinski definition) is 2. The smallest absolute Gasteiger partial charge is 0.415 e. The van der Waals surface area contributed by atoms with E-state index in [-0.39, 0.29) is 40.7 Å². The van der Waals surface area contributed by atoms with E-state index >= 15 is 0 Å². The summed E-state index contributed by atoms with van der Waals surface area (Å²) in [4.78, 5) is 32.8. The molecule has 3 aromatic rings. The number of fused-ring (bicyclic) bond motifs is 1. The van der Waals surface area contributed by atoms with Crippen molar-refractivity contribution >= 4 is 44.8 Å². The number of hydrogen-bond acceptors (Lipinski definition) is 8. The molecule has 46 heavy (non-hydrogen) atoms. The lowest BCUT2D eigenvalue weighted by molar-refractivity contribution is -0.126. The number of carbonyl (C=O) groups is 2. The summed E-state index contributed by atoms with van der Waals surface area (Å²) in [5, 5.41) is 6.06. The molecular formula is C32H37F4N5O4S. The van der Waals surface area contributed by atoms with E-state index in [1.54, 1.807) is 39.0 Å². The first-order valence-electron chi connectivity index (χ1n) is 14.6. The van der Waals surface area contributed by atoms with Gasteiger partial charge < -0.3 is 25.0 Å². The zero-order valence-corrected chi connectivity index (χ0v) is 27.3. The van der Waals surface area contributed by atoms with Crippen molar-refractivity contribution in [1.29, 1.82) is 0 Å². The van der Waals surface area contributed by atoms with Gasteiger partial charge in [0.2, 0.25) is 0 Å². The van der Waals surface area contributed by atoms with Crippen LogP contribution < -0.4 is 20.3 Å². The first kappa shape index (κ1) is 34.8. The number of aromatic nitrogens is 1. The number of nitrogens with zero attached hydrogens (tertiary/aromatic N) is 3. The number of ether oxygens (including phenoxy) is 2. The summed E-state index contributed by atoms with van der Waals surface area (Å²) >= 11 is 1.08. The molecule has 0 aliphatic carbocycles. The normalized spacial score (nSPS) is 17.2. The molecule has 1 aliphatic heterocycles. The summed E-state index contributed by atoms with van der Waals surface area (Å²) in [7, 11) is 4.64. The van der Waals surface area contributed by atoms with E-state index in [4.69, 9.17) is 9.47 Å². The molecule has 2 unspecified atom stereocenters. The molecule has 0 spiro atoms. The van der Waals surface area contributed by atoms with Crippen LogP contribution in [0.4, 0.5) is 33.7 Å². The van der Waals surface area contributed by atoms with Gasteiger partial charge in [-0.05, 0) is 51.3 Å². The Labute approximate surface area is 269 Å². The van der Waals surface area contributed by atoms with Crippen molar-refractivity contribution in [1.82, 2.24) is 15.2 Å². The summed E-state index contributed by atoms with van der Waals surface area (Å²) in [6.45, 7) is 5.70. The fourth-order valence-electron chi connectivity index (χ4n) is 4.99. The first-order chi connectivity index (χ1) is 21.6. The van der Waals surface area contributed by atoms with Crippen LogP contribution in [0.2, 0.25) is 0 Å². The molecule has 2 atom stereocenters. The van der Waals surface area contributed by atoms with Gasteiger partial charge in [-0.15, -0.1) is 11.3 Å². The van der Waals surface area contributed by atoms with Crippen LogP contribution in [0.5, 0.6) is 5.75 Å². The number of benzene rings is 1. The first-order valence-corrected chi connectivity index (χ1v) is 15.4. The Bertz CT molecular complexity index is 1640. The number of nitrogens with one attached hydrogen (secondary N) is 2. The maximum absolute atomic E-state index is 14.8. The zero-order chi connectivity index (χ0) is 33.8. The van der Waals surface area contributed by atoms with Gasteiger partial charge in [0.25, 0.3) is 5.91 Å². The van der Waals surface area contributed by atoms with Crippen molar-refractivity contribution in [2.45, 2.75) is 57.6 Å². The maximum atomic E-state index is 14.8. The number of likely N-dealkylation sites (tertiary alicyclic amines) is 1. The Balaban J connectivity index is 1.74. The second-order valence-electron chi connectivity index (χ2n) is 11.9. The molecule has 4 rings (SSSR count). The van der Waals surface area contributed by atoms with Crippen molar-refractivity contribution in [2.75, 3.05) is 51.1 Å². The molecule has 1 aromatic carbocycles. The third-order valence-electron chi connectivity index (χ3n) is 7.15. The van der Waals surface area contributed by atoms with Crippen LogP contribution in [0.1, 0.15) is 48.1 Å². The van der Waals surface area contributed by atoms with Crippen LogP contribution >= 0.6 is 11.3 Å². The van der Waals surface area contributed by atoms with Crippen LogP contribution in [0, 0.1) is 11.8 Å². The molecule has 2 aromatic heterocycles. The minimum atomic E-state index is -4.51. The summed E-state index contributed by atoms with van der Waals surface area (Å²) in [6, 6.07) is 5.84. The Hall–Kier alpha value is -4.09. The number of pyridine rings is 1. The Morgan fingerprint density at radius 1 is 1.24 bits per heavy atom. The van der Waals surface area contributed by atoms with Crippen LogP contribution in [0.15, 0.2) is 30.5 Å². The number of methoxy groups -OCH3 is 1. The third kappa shape index (κ3) is 8.58. The van der Waals surface area contributed by atoms with E-state index in [2.05, 4.69) is 27.5 Å². The number of thiophene rings is 1. The van der Waals surface area contributed by atoms with Crippen LogP contribution in [0.3, 0.4) is 0 Å². The standard InChI is InChI=1S/C32H37F4N5O4S/c1-31(2,3)45-30(43)41(25-17-38-24(29(42)37-4)15-26(25)44-6)13-8-11-27-20(16-32(34,35)36)19-9-7-10-23(28(19)46-27)39-22-12-14-40(5)18-21(22)33/h7,9-10,15,17,21-22,39H,12-14,16,18H2,1-6H3,(H,37,42). The molecule has 1 aliphatic rings. The van der Waals surface area contributed by atoms with E-state index < -0.39 is 42.4 Å². The third-order valence-corrected chi connectivity index (χ3v) is 8.35. The van der Waals surface area contributed by atoms with Crippen molar-refractivity contribution < 1.29 is 36.6 Å². The Morgan fingerprint density at radius 3 is 2.61 bits per heavy atom. The average molecular weight is 664 g/mol. The van der Waals surface area contributed by atoms with Gasteiger partial charge in [-0.25, -0.2) is 14.2 Å². The lowest BCUT2D eigenvalue weighted by Crippen LogP contribution is -2.46. The number of rotatable bonds is 7. The van der Waals surface area contributed by atoms with Gasteiger partial charge in [0, 0.05) is 26.2 Å². The summed E-state index contributed by atoms with van der Waals surface area (Å²) in [5.74, 6) is 5.35. The highest BCUT2D eigenvalue weighted by molar-refractivity contribution is 7.20. The second kappa shape index (κ2) is 14.1. The maximum Gasteiger partial charge on any atom is 0.415 e. The van der Waals surface area contributed by atoms with Gasteiger partial charge >= 0.3 is 12.3 Å². The Morgan fingerprint density at radius 2 is 1.98 bits per heavy atom. The molecular weight excluding hydrogens is 626 g/mol. The second-order valence-corrected chi connectivity index (χ2v) is 12.9. The summed E-state index contributed by atoms with van der Waals surface area (Å²) in [6.07, 6.45) is -5.85. The SMILES string of the molecule is CNC(=O)c1cc(OC)c(N(CC#Cc2sc3c(NC4CCN(C)CC4F)cccc3c2CC(F)(F)F)C(=O)OC(C)(C)C)cn1. The van der Waals surface area contributed by atoms with Gasteiger partial charge in [-0.3, -0.25) is 9.69 Å². The van der Waals surface area contributed by atoms with Gasteiger partial charge in [0.15, 0.2) is 0 Å². The fourth-order valence-corrected chi connectivity index (χ4v) is 6.16. The minimum absolute atomic E-state index is 0.00169. The van der Waals surface area contributed by atoms with E-state index in [9.17, 15) is 27.2 Å². The monoisotopic (exact) mass is 663 g/mol. The highest BCUT2D eigenvalue weighted by Gasteiger charge is 2.32. The van der Waals surface area contributed by atoms with E-state index in [1.165, 1.54) is 26.4 Å². The van der Waals surface area contributed by atoms with Gasteiger partial charge in [0.05, 0.1) is 47.6 Å². The molecule has 1 fully saturated rings. The minimum Gasteiger partial charge on any atom is -0.494 e. The fraction of sp³-hybridized carbons (Fsp3) is 0.469. The molecule has 0 radical (unpaired) electrons.